The molecule has 0 atom stereocenters. The topological polar surface area (TPSA) is 145 Å². The zero-order valence-corrected chi connectivity index (χ0v) is 18.5. The summed E-state index contributed by atoms with van der Waals surface area (Å²) in [5.41, 5.74) is 3.15. The Morgan fingerprint density at radius 3 is 2.29 bits per heavy atom. The van der Waals surface area contributed by atoms with Crippen molar-refractivity contribution in [2.75, 3.05) is 22.5 Å². The maximum atomic E-state index is 12.5. The number of rotatable bonds is 8. The first-order chi connectivity index (χ1) is 17.0. The molecule has 4 rings (SSSR count). The quantitative estimate of drug-likeness (QED) is 0.259. The number of anilines is 4. The van der Waals surface area contributed by atoms with E-state index in [4.69, 9.17) is 5.11 Å². The summed E-state index contributed by atoms with van der Waals surface area (Å²) in [6.07, 6.45) is 0.258. The van der Waals surface area contributed by atoms with Crippen molar-refractivity contribution in [1.29, 1.82) is 0 Å². The Morgan fingerprint density at radius 2 is 1.54 bits per heavy atom. The lowest BCUT2D eigenvalue weighted by Gasteiger charge is -2.11. The standard InChI is InChI=1S/C25H22N6O4/c32-22(12-13-26-25(34)35)29-19-10-11-21-20(14-19)23(28-15-27-21)30-18-8-6-16(7-9-18)24(33)31-17-4-2-1-3-5-17/h1-11,14-15,26H,12-13H2,(H,29,32)(H,31,33)(H,34,35)(H,27,28,30). The molecular formula is C25H22N6O4. The van der Waals surface area contributed by atoms with E-state index in [2.05, 4.69) is 31.2 Å². The van der Waals surface area contributed by atoms with Crippen molar-refractivity contribution in [3.63, 3.8) is 0 Å². The molecule has 4 aromatic rings. The highest BCUT2D eigenvalue weighted by Crippen LogP contribution is 2.26. The van der Waals surface area contributed by atoms with Gasteiger partial charge >= 0.3 is 6.09 Å². The van der Waals surface area contributed by atoms with Crippen molar-refractivity contribution in [2.24, 2.45) is 0 Å². The molecule has 0 aliphatic rings. The fourth-order valence-corrected chi connectivity index (χ4v) is 3.31. The molecule has 0 saturated heterocycles. The summed E-state index contributed by atoms with van der Waals surface area (Å²) in [7, 11) is 0. The molecule has 35 heavy (non-hydrogen) atoms. The molecule has 0 aliphatic heterocycles. The van der Waals surface area contributed by atoms with Crippen LogP contribution in [0.1, 0.15) is 16.8 Å². The third kappa shape index (κ3) is 6.29. The lowest BCUT2D eigenvalue weighted by atomic mass is 10.1. The van der Waals surface area contributed by atoms with Crippen LogP contribution in [0, 0.1) is 0 Å². The first-order valence-corrected chi connectivity index (χ1v) is 10.7. The lowest BCUT2D eigenvalue weighted by molar-refractivity contribution is -0.116. The fraction of sp³-hybridized carbons (Fsp3) is 0.0800. The van der Waals surface area contributed by atoms with Crippen molar-refractivity contribution in [3.8, 4) is 0 Å². The molecular weight excluding hydrogens is 448 g/mol. The highest BCUT2D eigenvalue weighted by molar-refractivity contribution is 6.04. The molecule has 10 nitrogen and oxygen atoms in total. The molecule has 0 fully saturated rings. The number of carbonyl (C=O) groups excluding carboxylic acids is 2. The van der Waals surface area contributed by atoms with Gasteiger partial charge in [0.2, 0.25) is 5.91 Å². The van der Waals surface area contributed by atoms with E-state index in [0.29, 0.717) is 33.7 Å². The molecule has 0 radical (unpaired) electrons. The fourth-order valence-electron chi connectivity index (χ4n) is 3.31. The monoisotopic (exact) mass is 470 g/mol. The summed E-state index contributed by atoms with van der Waals surface area (Å²) in [6, 6.07) is 21.4. The SMILES string of the molecule is O=C(O)NCCC(=O)Nc1ccc2ncnc(Nc3ccc(C(=O)Nc4ccccc4)cc3)c2c1. The number of hydrogen-bond acceptors (Lipinski definition) is 6. The average Bonchev–Trinajstić information content (AvgIpc) is 2.85. The normalized spacial score (nSPS) is 10.4. The predicted molar refractivity (Wildman–Crippen MR) is 133 cm³/mol. The minimum Gasteiger partial charge on any atom is -0.465 e. The number of carboxylic acid groups (broad SMARTS) is 1. The number of hydrogen-bond donors (Lipinski definition) is 5. The number of fused-ring (bicyclic) bond motifs is 1. The van der Waals surface area contributed by atoms with Gasteiger partial charge in [-0.1, -0.05) is 18.2 Å². The summed E-state index contributed by atoms with van der Waals surface area (Å²) in [6.45, 7) is 0.0179. The molecule has 1 aromatic heterocycles. The molecule has 176 valence electrons. The van der Waals surface area contributed by atoms with Gasteiger partial charge in [-0.05, 0) is 54.6 Å². The van der Waals surface area contributed by atoms with Crippen molar-refractivity contribution in [3.05, 3.63) is 84.7 Å². The van der Waals surface area contributed by atoms with Gasteiger partial charge < -0.3 is 26.4 Å². The van der Waals surface area contributed by atoms with E-state index in [1.54, 1.807) is 42.5 Å². The zero-order chi connectivity index (χ0) is 24.6. The molecule has 0 unspecified atom stereocenters. The van der Waals surface area contributed by atoms with E-state index in [0.717, 1.165) is 5.69 Å². The Hall–Kier alpha value is -4.99. The van der Waals surface area contributed by atoms with Crippen LogP contribution >= 0.6 is 0 Å². The minimum absolute atomic E-state index is 0.00489. The van der Waals surface area contributed by atoms with Gasteiger partial charge in [-0.25, -0.2) is 14.8 Å². The van der Waals surface area contributed by atoms with Crippen molar-refractivity contribution in [2.45, 2.75) is 6.42 Å². The molecule has 0 aliphatic carbocycles. The largest absolute Gasteiger partial charge is 0.465 e. The predicted octanol–water partition coefficient (Wildman–Crippen LogP) is 4.22. The van der Waals surface area contributed by atoms with Crippen LogP contribution in [-0.4, -0.2) is 39.5 Å². The van der Waals surface area contributed by atoms with Gasteiger partial charge in [0, 0.05) is 41.0 Å². The van der Waals surface area contributed by atoms with Gasteiger partial charge in [0.15, 0.2) is 0 Å². The highest BCUT2D eigenvalue weighted by Gasteiger charge is 2.10. The van der Waals surface area contributed by atoms with Gasteiger partial charge in [-0.3, -0.25) is 9.59 Å². The maximum absolute atomic E-state index is 12.5. The number of benzene rings is 3. The zero-order valence-electron chi connectivity index (χ0n) is 18.5. The van der Waals surface area contributed by atoms with Crippen LogP contribution in [0.15, 0.2) is 79.1 Å². The van der Waals surface area contributed by atoms with E-state index in [1.807, 2.05) is 30.3 Å². The minimum atomic E-state index is -1.18. The smallest absolute Gasteiger partial charge is 0.404 e. The van der Waals surface area contributed by atoms with E-state index in [9.17, 15) is 14.4 Å². The van der Waals surface area contributed by atoms with Crippen molar-refractivity contribution < 1.29 is 19.5 Å². The molecule has 10 heteroatoms. The lowest BCUT2D eigenvalue weighted by Crippen LogP contribution is -2.25. The number of para-hydroxylation sites is 1. The maximum Gasteiger partial charge on any atom is 0.404 e. The Balaban J connectivity index is 1.45. The molecule has 5 N–H and O–H groups in total. The first-order valence-electron chi connectivity index (χ1n) is 10.7. The van der Waals surface area contributed by atoms with Gasteiger partial charge in [0.1, 0.15) is 12.1 Å². The summed E-state index contributed by atoms with van der Waals surface area (Å²) in [5.74, 6) is -0.0110. The molecule has 0 saturated carbocycles. The third-order valence-corrected chi connectivity index (χ3v) is 4.99. The number of nitrogens with zero attached hydrogens (tertiary/aromatic N) is 2. The van der Waals surface area contributed by atoms with Crippen LogP contribution in [0.5, 0.6) is 0 Å². The van der Waals surface area contributed by atoms with E-state index in [-0.39, 0.29) is 24.8 Å². The van der Waals surface area contributed by atoms with Crippen LogP contribution in [0.4, 0.5) is 27.7 Å². The van der Waals surface area contributed by atoms with E-state index < -0.39 is 6.09 Å². The van der Waals surface area contributed by atoms with Crippen molar-refractivity contribution in [1.82, 2.24) is 15.3 Å². The summed E-state index contributed by atoms with van der Waals surface area (Å²) in [5, 5.41) is 20.2. The molecule has 1 heterocycles. The Labute approximate surface area is 200 Å². The number of nitrogens with one attached hydrogen (secondary N) is 4. The van der Waals surface area contributed by atoms with Gasteiger partial charge in [-0.15, -0.1) is 0 Å². The second-order valence-corrected chi connectivity index (χ2v) is 7.51. The average molecular weight is 470 g/mol. The van der Waals surface area contributed by atoms with Crippen LogP contribution in [0.25, 0.3) is 10.9 Å². The van der Waals surface area contributed by atoms with Gasteiger partial charge in [0.05, 0.1) is 5.52 Å². The summed E-state index contributed by atoms with van der Waals surface area (Å²) >= 11 is 0. The van der Waals surface area contributed by atoms with E-state index in [1.165, 1.54) is 6.33 Å². The first kappa shape index (κ1) is 23.2. The van der Waals surface area contributed by atoms with E-state index >= 15 is 0 Å². The van der Waals surface area contributed by atoms with Gasteiger partial charge in [0.25, 0.3) is 5.91 Å². The second kappa shape index (κ2) is 10.8. The summed E-state index contributed by atoms with van der Waals surface area (Å²) in [4.78, 5) is 43.6. The molecule has 3 amide bonds. The molecule has 3 aromatic carbocycles. The number of carbonyl (C=O) groups is 3. The summed E-state index contributed by atoms with van der Waals surface area (Å²) < 4.78 is 0. The van der Waals surface area contributed by atoms with Crippen LogP contribution in [-0.2, 0) is 4.79 Å². The van der Waals surface area contributed by atoms with Crippen LogP contribution in [0.3, 0.4) is 0 Å². The van der Waals surface area contributed by atoms with Crippen LogP contribution in [0.2, 0.25) is 0 Å². The number of amides is 3. The molecule has 0 spiro atoms. The van der Waals surface area contributed by atoms with Crippen LogP contribution < -0.4 is 21.3 Å². The Morgan fingerprint density at radius 1 is 0.800 bits per heavy atom. The van der Waals surface area contributed by atoms with Gasteiger partial charge in [-0.2, -0.15) is 0 Å². The highest BCUT2D eigenvalue weighted by atomic mass is 16.4. The Bertz CT molecular complexity index is 1360. The molecule has 0 bridgehead atoms. The third-order valence-electron chi connectivity index (χ3n) is 4.99. The number of aromatic nitrogens is 2. The van der Waals surface area contributed by atoms with Crippen molar-refractivity contribution >= 4 is 51.7 Å². The second-order valence-electron chi connectivity index (χ2n) is 7.51. The Kier molecular flexibility index (Phi) is 7.12.